The molecule has 3 rings (SSSR count). The van der Waals surface area contributed by atoms with E-state index in [9.17, 15) is 9.90 Å². The molecule has 0 aliphatic heterocycles. The zero-order valence-electron chi connectivity index (χ0n) is 12.9. The predicted octanol–water partition coefficient (Wildman–Crippen LogP) is 3.18. The summed E-state index contributed by atoms with van der Waals surface area (Å²) >= 11 is 1.52. The smallest absolute Gasteiger partial charge is 0.319 e. The minimum absolute atomic E-state index is 0.209. The Labute approximate surface area is 139 Å². The van der Waals surface area contributed by atoms with Crippen molar-refractivity contribution in [2.45, 2.75) is 18.4 Å². The lowest BCUT2D eigenvalue weighted by Crippen LogP contribution is -2.43. The molecule has 1 heterocycles. The van der Waals surface area contributed by atoms with Gasteiger partial charge in [0, 0.05) is 10.6 Å². The highest BCUT2D eigenvalue weighted by Crippen LogP contribution is 2.46. The van der Waals surface area contributed by atoms with E-state index in [-0.39, 0.29) is 18.5 Å². The summed E-state index contributed by atoms with van der Waals surface area (Å²) in [6.45, 7) is 0.209. The maximum absolute atomic E-state index is 12.1. The number of hydrogen-bond donors (Lipinski definition) is 3. The summed E-state index contributed by atoms with van der Waals surface area (Å²) in [4.78, 5) is 13.0. The van der Waals surface area contributed by atoms with Crippen LogP contribution in [0.5, 0.6) is 5.75 Å². The molecule has 1 aromatic heterocycles. The highest BCUT2D eigenvalue weighted by molar-refractivity contribution is 7.10. The lowest BCUT2D eigenvalue weighted by Gasteiger charge is -2.27. The maximum atomic E-state index is 12.1. The number of carbonyl (C=O) groups is 1. The molecule has 122 valence electrons. The zero-order chi connectivity index (χ0) is 16.3. The Morgan fingerprint density at radius 1 is 1.35 bits per heavy atom. The predicted molar refractivity (Wildman–Crippen MR) is 91.0 cm³/mol. The number of aliphatic hydroxyl groups is 1. The van der Waals surface area contributed by atoms with Crippen LogP contribution in [0.15, 0.2) is 41.8 Å². The van der Waals surface area contributed by atoms with Crippen molar-refractivity contribution in [2.24, 2.45) is 5.92 Å². The van der Waals surface area contributed by atoms with Gasteiger partial charge in [0.15, 0.2) is 0 Å². The Bertz CT molecular complexity index is 653. The third-order valence-corrected chi connectivity index (χ3v) is 5.10. The second kappa shape index (κ2) is 6.60. The molecule has 1 fully saturated rings. The number of benzene rings is 1. The summed E-state index contributed by atoms with van der Waals surface area (Å²) in [6.07, 6.45) is 1.99. The fourth-order valence-electron chi connectivity index (χ4n) is 2.58. The number of amides is 2. The van der Waals surface area contributed by atoms with E-state index in [1.165, 1.54) is 11.3 Å². The molecule has 1 aliphatic carbocycles. The highest BCUT2D eigenvalue weighted by atomic mass is 32.1. The van der Waals surface area contributed by atoms with Crippen LogP contribution >= 0.6 is 11.3 Å². The Balaban J connectivity index is 1.59. The fourth-order valence-corrected chi connectivity index (χ4v) is 3.49. The Kier molecular flexibility index (Phi) is 4.54. The molecule has 0 saturated heterocycles. The number of urea groups is 1. The Morgan fingerprint density at radius 2 is 2.09 bits per heavy atom. The lowest BCUT2D eigenvalue weighted by molar-refractivity contribution is 0.0200. The standard InChI is InChI=1S/C17H20N2O3S/c1-22-14-8-6-13(7-9-14)19-16(20)18-11-17(21,12-4-5-12)15-3-2-10-23-15/h2-3,6-10,12,21H,4-5,11H2,1H3,(H2,18,19,20). The number of ether oxygens (including phenoxy) is 1. The molecule has 2 amide bonds. The van der Waals surface area contributed by atoms with E-state index in [0.717, 1.165) is 23.5 Å². The summed E-state index contributed by atoms with van der Waals surface area (Å²) in [5.74, 6) is 0.958. The van der Waals surface area contributed by atoms with Gasteiger partial charge in [-0.1, -0.05) is 6.07 Å². The SMILES string of the molecule is COc1ccc(NC(=O)NCC(O)(c2cccs2)C2CC2)cc1. The van der Waals surface area contributed by atoms with Crippen molar-refractivity contribution >= 4 is 23.1 Å². The second-order valence-electron chi connectivity index (χ2n) is 5.71. The van der Waals surface area contributed by atoms with E-state index in [0.29, 0.717) is 5.69 Å². The highest BCUT2D eigenvalue weighted by Gasteiger charge is 2.45. The molecule has 5 nitrogen and oxygen atoms in total. The first kappa shape index (κ1) is 15.8. The van der Waals surface area contributed by atoms with Crippen LogP contribution in [-0.2, 0) is 5.60 Å². The first-order valence-electron chi connectivity index (χ1n) is 7.57. The fraction of sp³-hybridized carbons (Fsp3) is 0.353. The van der Waals surface area contributed by atoms with Gasteiger partial charge in [-0.15, -0.1) is 11.3 Å². The largest absolute Gasteiger partial charge is 0.497 e. The maximum Gasteiger partial charge on any atom is 0.319 e. The number of hydrogen-bond acceptors (Lipinski definition) is 4. The van der Waals surface area contributed by atoms with Crippen molar-refractivity contribution in [3.05, 3.63) is 46.7 Å². The summed E-state index contributed by atoms with van der Waals surface area (Å²) in [5.41, 5.74) is -0.291. The third kappa shape index (κ3) is 3.65. The first-order chi connectivity index (χ1) is 11.1. The Morgan fingerprint density at radius 3 is 2.65 bits per heavy atom. The summed E-state index contributed by atoms with van der Waals surface area (Å²) in [5, 5.41) is 18.4. The third-order valence-electron chi connectivity index (χ3n) is 4.07. The van der Waals surface area contributed by atoms with Crippen LogP contribution in [0.2, 0.25) is 0 Å². The van der Waals surface area contributed by atoms with Crippen LogP contribution in [0, 0.1) is 5.92 Å². The molecule has 1 unspecified atom stereocenters. The van der Waals surface area contributed by atoms with E-state index in [2.05, 4.69) is 10.6 Å². The van der Waals surface area contributed by atoms with Gasteiger partial charge in [0.25, 0.3) is 0 Å². The molecule has 1 atom stereocenters. The van der Waals surface area contributed by atoms with Crippen molar-refractivity contribution in [3.63, 3.8) is 0 Å². The van der Waals surface area contributed by atoms with Gasteiger partial charge < -0.3 is 20.5 Å². The molecular weight excluding hydrogens is 312 g/mol. The van der Waals surface area contributed by atoms with Crippen LogP contribution in [0.4, 0.5) is 10.5 Å². The van der Waals surface area contributed by atoms with Gasteiger partial charge in [-0.25, -0.2) is 4.79 Å². The van der Waals surface area contributed by atoms with Crippen molar-refractivity contribution in [3.8, 4) is 5.75 Å². The van der Waals surface area contributed by atoms with E-state index in [4.69, 9.17) is 4.74 Å². The number of rotatable bonds is 6. The monoisotopic (exact) mass is 332 g/mol. The number of carbonyl (C=O) groups excluding carboxylic acids is 1. The van der Waals surface area contributed by atoms with Crippen molar-refractivity contribution < 1.29 is 14.6 Å². The normalized spacial score (nSPS) is 16.4. The minimum atomic E-state index is -0.967. The quantitative estimate of drug-likeness (QED) is 0.761. The molecule has 2 aromatic rings. The summed E-state index contributed by atoms with van der Waals surface area (Å²) < 4.78 is 5.08. The van der Waals surface area contributed by atoms with Gasteiger partial charge in [-0.2, -0.15) is 0 Å². The van der Waals surface area contributed by atoms with E-state index in [1.807, 2.05) is 17.5 Å². The van der Waals surface area contributed by atoms with Crippen LogP contribution in [0.3, 0.4) is 0 Å². The van der Waals surface area contributed by atoms with Gasteiger partial charge in [0.05, 0.1) is 13.7 Å². The molecule has 1 saturated carbocycles. The second-order valence-corrected chi connectivity index (χ2v) is 6.66. The summed E-state index contributed by atoms with van der Waals surface area (Å²) in [6, 6.07) is 10.6. The Hall–Kier alpha value is -2.05. The number of anilines is 1. The molecule has 3 N–H and O–H groups in total. The van der Waals surface area contributed by atoms with Crippen molar-refractivity contribution in [1.29, 1.82) is 0 Å². The molecule has 0 bridgehead atoms. The van der Waals surface area contributed by atoms with Gasteiger partial charge >= 0.3 is 6.03 Å². The van der Waals surface area contributed by atoms with Crippen LogP contribution in [-0.4, -0.2) is 24.8 Å². The summed E-state index contributed by atoms with van der Waals surface area (Å²) in [7, 11) is 1.60. The lowest BCUT2D eigenvalue weighted by atomic mass is 9.96. The molecule has 6 heteroatoms. The average molecular weight is 332 g/mol. The molecular formula is C17H20N2O3S. The molecule has 1 aliphatic rings. The van der Waals surface area contributed by atoms with Crippen LogP contribution < -0.4 is 15.4 Å². The van der Waals surface area contributed by atoms with Crippen LogP contribution in [0.1, 0.15) is 17.7 Å². The number of nitrogens with one attached hydrogen (secondary N) is 2. The average Bonchev–Trinajstić information content (AvgIpc) is 3.28. The minimum Gasteiger partial charge on any atom is -0.497 e. The van der Waals surface area contributed by atoms with E-state index in [1.54, 1.807) is 31.4 Å². The zero-order valence-corrected chi connectivity index (χ0v) is 13.7. The van der Waals surface area contributed by atoms with Gasteiger partial charge in [-0.05, 0) is 54.5 Å². The van der Waals surface area contributed by atoms with Crippen molar-refractivity contribution in [1.82, 2.24) is 5.32 Å². The van der Waals surface area contributed by atoms with Gasteiger partial charge in [0.1, 0.15) is 11.4 Å². The van der Waals surface area contributed by atoms with E-state index >= 15 is 0 Å². The topological polar surface area (TPSA) is 70.6 Å². The number of thiophene rings is 1. The first-order valence-corrected chi connectivity index (χ1v) is 8.45. The van der Waals surface area contributed by atoms with Crippen LogP contribution in [0.25, 0.3) is 0 Å². The van der Waals surface area contributed by atoms with Gasteiger partial charge in [-0.3, -0.25) is 0 Å². The van der Waals surface area contributed by atoms with Crippen molar-refractivity contribution in [2.75, 3.05) is 19.0 Å². The number of methoxy groups -OCH3 is 1. The molecule has 1 aromatic carbocycles. The molecule has 23 heavy (non-hydrogen) atoms. The molecule has 0 spiro atoms. The van der Waals surface area contributed by atoms with E-state index < -0.39 is 5.60 Å². The van der Waals surface area contributed by atoms with Gasteiger partial charge in [0.2, 0.25) is 0 Å². The molecule has 0 radical (unpaired) electrons.